The van der Waals surface area contributed by atoms with Gasteiger partial charge in [0.1, 0.15) is 0 Å². The summed E-state index contributed by atoms with van der Waals surface area (Å²) in [6.07, 6.45) is -0.144. The van der Waals surface area contributed by atoms with Gasteiger partial charge in [0, 0.05) is 19.2 Å². The maximum Gasteiger partial charge on any atom is 0.305 e. The lowest BCUT2D eigenvalue weighted by atomic mass is 10.2. The van der Waals surface area contributed by atoms with Crippen LogP contribution in [0, 0.1) is 0 Å². The van der Waals surface area contributed by atoms with Crippen molar-refractivity contribution in [3.05, 3.63) is 29.8 Å². The lowest BCUT2D eigenvalue weighted by Gasteiger charge is -2.16. The average Bonchev–Trinajstić information content (AvgIpc) is 2.44. The fraction of sp³-hybridized carbons (Fsp3) is 0.333. The number of carboxylic acid groups (broad SMARTS) is 1. The Balaban J connectivity index is 2.83. The van der Waals surface area contributed by atoms with Crippen molar-refractivity contribution in [2.75, 3.05) is 20.6 Å². The van der Waals surface area contributed by atoms with E-state index >= 15 is 0 Å². The highest BCUT2D eigenvalue weighted by molar-refractivity contribution is 7.89. The van der Waals surface area contributed by atoms with Gasteiger partial charge in [-0.05, 0) is 31.3 Å². The average molecular weight is 300 g/mol. The van der Waals surface area contributed by atoms with E-state index in [2.05, 4.69) is 4.72 Å². The van der Waals surface area contributed by atoms with Crippen LogP contribution in [0.1, 0.15) is 16.8 Å². The minimum absolute atomic E-state index is 0.0599. The molecule has 0 saturated carbocycles. The summed E-state index contributed by atoms with van der Waals surface area (Å²) in [5.74, 6) is -1.35. The van der Waals surface area contributed by atoms with E-state index in [0.29, 0.717) is 5.56 Å². The van der Waals surface area contributed by atoms with Crippen LogP contribution in [0.3, 0.4) is 0 Å². The lowest BCUT2D eigenvalue weighted by molar-refractivity contribution is -0.137. The minimum atomic E-state index is -3.53. The fourth-order valence-electron chi connectivity index (χ4n) is 1.48. The first-order valence-corrected chi connectivity index (χ1v) is 7.27. The number of aliphatic carboxylic acids is 1. The summed E-state index contributed by atoms with van der Waals surface area (Å²) in [5.41, 5.74) is 0.299. The Labute approximate surface area is 117 Å². The molecule has 0 heterocycles. The first-order chi connectivity index (χ1) is 9.27. The molecule has 8 heteroatoms. The van der Waals surface area contributed by atoms with Gasteiger partial charge in [-0.3, -0.25) is 9.59 Å². The van der Waals surface area contributed by atoms with Crippen LogP contribution >= 0.6 is 0 Å². The topological polar surface area (TPSA) is 104 Å². The van der Waals surface area contributed by atoms with E-state index in [9.17, 15) is 18.0 Å². The summed E-state index contributed by atoms with van der Waals surface area (Å²) in [6, 6.07) is 5.43. The van der Waals surface area contributed by atoms with Gasteiger partial charge in [0.15, 0.2) is 0 Å². The Morgan fingerprint density at radius 3 is 2.25 bits per heavy atom. The number of carbonyl (C=O) groups is 2. The van der Waals surface area contributed by atoms with E-state index in [0.717, 1.165) is 0 Å². The van der Waals surface area contributed by atoms with Crippen molar-refractivity contribution >= 4 is 21.9 Å². The lowest BCUT2D eigenvalue weighted by Crippen LogP contribution is -2.29. The van der Waals surface area contributed by atoms with Crippen molar-refractivity contribution in [1.29, 1.82) is 0 Å². The van der Waals surface area contributed by atoms with Gasteiger partial charge >= 0.3 is 5.97 Å². The molecule has 1 amide bonds. The molecule has 0 atom stereocenters. The third kappa shape index (κ3) is 4.04. The Kier molecular flexibility index (Phi) is 5.23. The molecule has 7 nitrogen and oxygen atoms in total. The van der Waals surface area contributed by atoms with Crippen molar-refractivity contribution in [2.24, 2.45) is 0 Å². The van der Waals surface area contributed by atoms with Gasteiger partial charge < -0.3 is 10.0 Å². The molecule has 1 aromatic carbocycles. The van der Waals surface area contributed by atoms with E-state index in [1.165, 1.54) is 43.3 Å². The molecule has 0 unspecified atom stereocenters. The quantitative estimate of drug-likeness (QED) is 0.778. The number of hydrogen-bond acceptors (Lipinski definition) is 4. The first kappa shape index (κ1) is 16.1. The minimum Gasteiger partial charge on any atom is -0.481 e. The van der Waals surface area contributed by atoms with Gasteiger partial charge in [-0.2, -0.15) is 0 Å². The van der Waals surface area contributed by atoms with Gasteiger partial charge in [-0.1, -0.05) is 0 Å². The van der Waals surface area contributed by atoms with Crippen LogP contribution in [0.2, 0.25) is 0 Å². The van der Waals surface area contributed by atoms with Crippen molar-refractivity contribution in [1.82, 2.24) is 9.62 Å². The van der Waals surface area contributed by atoms with Crippen LogP contribution in [0.15, 0.2) is 29.2 Å². The number of nitrogens with zero attached hydrogens (tertiary/aromatic N) is 1. The third-order valence-electron chi connectivity index (χ3n) is 2.69. The number of amides is 1. The van der Waals surface area contributed by atoms with Gasteiger partial charge in [0.2, 0.25) is 10.0 Å². The largest absolute Gasteiger partial charge is 0.481 e. The molecule has 0 fully saturated rings. The van der Waals surface area contributed by atoms with E-state index in [1.54, 1.807) is 0 Å². The van der Waals surface area contributed by atoms with Gasteiger partial charge in [-0.25, -0.2) is 13.1 Å². The Bertz CT molecular complexity index is 595. The van der Waals surface area contributed by atoms with E-state index < -0.39 is 16.0 Å². The van der Waals surface area contributed by atoms with Crippen LogP contribution in [-0.2, 0) is 14.8 Å². The highest BCUT2D eigenvalue weighted by atomic mass is 32.2. The number of benzene rings is 1. The Hall–Kier alpha value is -1.93. The number of rotatable bonds is 6. The smallest absolute Gasteiger partial charge is 0.305 e. The molecular formula is C12H16N2O5S. The van der Waals surface area contributed by atoms with Crippen LogP contribution in [0.4, 0.5) is 0 Å². The predicted molar refractivity (Wildman–Crippen MR) is 71.9 cm³/mol. The molecule has 2 N–H and O–H groups in total. The fourth-order valence-corrected chi connectivity index (χ4v) is 2.21. The number of hydrogen-bond donors (Lipinski definition) is 2. The van der Waals surface area contributed by atoms with Gasteiger partial charge in [0.05, 0.1) is 11.3 Å². The SMILES string of the molecule is CNS(=O)(=O)c1ccc(C(=O)N(C)CCC(=O)O)cc1. The second kappa shape index (κ2) is 6.49. The molecule has 0 aliphatic carbocycles. The summed E-state index contributed by atoms with van der Waals surface area (Å²) in [6.45, 7) is 0.0880. The Morgan fingerprint density at radius 2 is 1.80 bits per heavy atom. The summed E-state index contributed by atoms with van der Waals surface area (Å²) in [4.78, 5) is 23.7. The zero-order valence-corrected chi connectivity index (χ0v) is 12.0. The molecule has 20 heavy (non-hydrogen) atoms. The normalized spacial score (nSPS) is 11.1. The molecule has 0 saturated heterocycles. The zero-order chi connectivity index (χ0) is 15.3. The van der Waals surface area contributed by atoms with Crippen LogP contribution < -0.4 is 4.72 Å². The van der Waals surface area contributed by atoms with Crippen LogP contribution in [0.5, 0.6) is 0 Å². The molecule has 0 spiro atoms. The maximum absolute atomic E-state index is 12.0. The molecule has 0 radical (unpaired) electrons. The highest BCUT2D eigenvalue weighted by Gasteiger charge is 2.15. The van der Waals surface area contributed by atoms with Gasteiger partial charge in [0.25, 0.3) is 5.91 Å². The van der Waals surface area contributed by atoms with E-state index in [1.807, 2.05) is 0 Å². The van der Waals surface area contributed by atoms with Crippen molar-refractivity contribution < 1.29 is 23.1 Å². The first-order valence-electron chi connectivity index (χ1n) is 5.79. The molecule has 0 aromatic heterocycles. The number of sulfonamides is 1. The second-order valence-electron chi connectivity index (χ2n) is 4.10. The summed E-state index contributed by atoms with van der Waals surface area (Å²) in [7, 11) is -0.746. The number of nitrogens with one attached hydrogen (secondary N) is 1. The van der Waals surface area contributed by atoms with E-state index in [-0.39, 0.29) is 23.8 Å². The maximum atomic E-state index is 12.0. The Morgan fingerprint density at radius 1 is 1.25 bits per heavy atom. The monoisotopic (exact) mass is 300 g/mol. The summed E-state index contributed by atoms with van der Waals surface area (Å²) < 4.78 is 25.2. The van der Waals surface area contributed by atoms with Crippen LogP contribution in [0.25, 0.3) is 0 Å². The second-order valence-corrected chi connectivity index (χ2v) is 5.99. The molecule has 0 aliphatic rings. The standard InChI is InChI=1S/C12H16N2O5S/c1-13-20(18,19)10-5-3-9(4-6-10)12(17)14(2)8-7-11(15)16/h3-6,13H,7-8H2,1-2H3,(H,15,16). The summed E-state index contributed by atoms with van der Waals surface area (Å²) >= 11 is 0. The van der Waals surface area contributed by atoms with Crippen molar-refractivity contribution in [3.8, 4) is 0 Å². The van der Waals surface area contributed by atoms with Crippen molar-refractivity contribution in [2.45, 2.75) is 11.3 Å². The molecule has 0 bridgehead atoms. The molecular weight excluding hydrogens is 284 g/mol. The number of carboxylic acids is 1. The van der Waals surface area contributed by atoms with Crippen molar-refractivity contribution in [3.63, 3.8) is 0 Å². The molecule has 110 valence electrons. The van der Waals surface area contributed by atoms with Gasteiger partial charge in [-0.15, -0.1) is 0 Å². The van der Waals surface area contributed by atoms with E-state index in [4.69, 9.17) is 5.11 Å². The van der Waals surface area contributed by atoms with Crippen LogP contribution in [-0.4, -0.2) is 50.9 Å². The zero-order valence-electron chi connectivity index (χ0n) is 11.2. The number of carbonyl (C=O) groups excluding carboxylic acids is 1. The molecule has 0 aliphatic heterocycles. The summed E-state index contributed by atoms with van der Waals surface area (Å²) in [5, 5.41) is 8.56. The third-order valence-corrected chi connectivity index (χ3v) is 4.12. The molecule has 1 rings (SSSR count). The highest BCUT2D eigenvalue weighted by Crippen LogP contribution is 2.11. The predicted octanol–water partition coefficient (Wildman–Crippen LogP) is 0.141. The molecule has 1 aromatic rings.